The van der Waals surface area contributed by atoms with Gasteiger partial charge in [-0.15, -0.1) is 10.2 Å². The van der Waals surface area contributed by atoms with Crippen molar-refractivity contribution in [1.82, 2.24) is 24.6 Å². The lowest BCUT2D eigenvalue weighted by atomic mass is 9.70. The number of rotatable bonds is 5. The molecule has 2 saturated heterocycles. The minimum Gasteiger partial charge on any atom is -0.337 e. The third-order valence-electron chi connectivity index (χ3n) is 7.04. The van der Waals surface area contributed by atoms with Crippen molar-refractivity contribution in [3.63, 3.8) is 0 Å². The summed E-state index contributed by atoms with van der Waals surface area (Å²) in [6.07, 6.45) is 4.63. The highest BCUT2D eigenvalue weighted by Gasteiger charge is 2.52. The molecule has 168 valence electrons. The smallest absolute Gasteiger partial charge is 0.256 e. The van der Waals surface area contributed by atoms with Gasteiger partial charge < -0.3 is 14.4 Å². The van der Waals surface area contributed by atoms with Crippen LogP contribution in [0, 0.1) is 17.0 Å². The fourth-order valence-electron chi connectivity index (χ4n) is 5.25. The Morgan fingerprint density at radius 3 is 2.65 bits per heavy atom. The third kappa shape index (κ3) is 4.10. The van der Waals surface area contributed by atoms with E-state index in [1.165, 1.54) is 6.07 Å². The number of piperidine rings is 1. The first-order valence-corrected chi connectivity index (χ1v) is 11.2. The Morgan fingerprint density at radius 1 is 1.26 bits per heavy atom. The van der Waals surface area contributed by atoms with Gasteiger partial charge >= 0.3 is 0 Å². The van der Waals surface area contributed by atoms with Crippen LogP contribution in [0.1, 0.15) is 62.1 Å². The molecule has 1 spiro atoms. The summed E-state index contributed by atoms with van der Waals surface area (Å²) in [5, 5.41) is 8.61. The van der Waals surface area contributed by atoms with Gasteiger partial charge in [-0.3, -0.25) is 4.79 Å². The van der Waals surface area contributed by atoms with Crippen molar-refractivity contribution in [3.05, 3.63) is 47.5 Å². The molecule has 1 unspecified atom stereocenters. The van der Waals surface area contributed by atoms with E-state index < -0.39 is 11.6 Å². The summed E-state index contributed by atoms with van der Waals surface area (Å²) < 4.78 is 29.8. The molecule has 1 aromatic carbocycles. The second-order valence-corrected chi connectivity index (χ2v) is 9.24. The lowest BCUT2D eigenvalue weighted by molar-refractivity contribution is 0.0642. The minimum absolute atomic E-state index is 0.0447. The molecule has 4 rings (SSSR count). The molecule has 0 saturated carbocycles. The highest BCUT2D eigenvalue weighted by molar-refractivity contribution is 5.94. The first-order chi connectivity index (χ1) is 14.8. The van der Waals surface area contributed by atoms with Gasteiger partial charge in [0.1, 0.15) is 23.8 Å². The quantitative estimate of drug-likeness (QED) is 0.725. The second kappa shape index (κ2) is 8.65. The predicted octanol–water partition coefficient (Wildman–Crippen LogP) is 3.70. The van der Waals surface area contributed by atoms with Gasteiger partial charge in [-0.2, -0.15) is 0 Å². The van der Waals surface area contributed by atoms with Crippen molar-refractivity contribution in [2.75, 3.05) is 26.2 Å². The fourth-order valence-corrected chi connectivity index (χ4v) is 5.25. The van der Waals surface area contributed by atoms with E-state index in [1.54, 1.807) is 11.2 Å². The van der Waals surface area contributed by atoms with Crippen molar-refractivity contribution in [1.29, 1.82) is 0 Å². The largest absolute Gasteiger partial charge is 0.337 e. The molecule has 1 amide bonds. The number of aryl methyl sites for hydroxylation is 1. The van der Waals surface area contributed by atoms with Gasteiger partial charge in [-0.05, 0) is 58.3 Å². The van der Waals surface area contributed by atoms with E-state index in [0.29, 0.717) is 19.1 Å². The highest BCUT2D eigenvalue weighted by atomic mass is 19.1. The summed E-state index contributed by atoms with van der Waals surface area (Å²) in [4.78, 5) is 17.4. The maximum Gasteiger partial charge on any atom is 0.256 e. The molecule has 31 heavy (non-hydrogen) atoms. The van der Waals surface area contributed by atoms with Crippen LogP contribution in [0.25, 0.3) is 0 Å². The van der Waals surface area contributed by atoms with Crippen LogP contribution in [0.4, 0.5) is 8.78 Å². The highest BCUT2D eigenvalue weighted by Crippen LogP contribution is 2.50. The average Bonchev–Trinajstić information content (AvgIpc) is 3.33. The molecule has 6 nitrogen and oxygen atoms in total. The van der Waals surface area contributed by atoms with Gasteiger partial charge in [-0.1, -0.05) is 6.92 Å². The lowest BCUT2D eigenvalue weighted by Crippen LogP contribution is -2.46. The van der Waals surface area contributed by atoms with Crippen LogP contribution in [-0.2, 0) is 6.54 Å². The number of carbonyl (C=O) groups excluding carboxylic acids is 1. The second-order valence-electron chi connectivity index (χ2n) is 9.24. The molecule has 8 heteroatoms. The van der Waals surface area contributed by atoms with Crippen LogP contribution in [0.5, 0.6) is 0 Å². The third-order valence-corrected chi connectivity index (χ3v) is 7.04. The molecule has 3 heterocycles. The van der Waals surface area contributed by atoms with Crippen molar-refractivity contribution < 1.29 is 13.6 Å². The zero-order chi connectivity index (χ0) is 22.2. The van der Waals surface area contributed by atoms with Gasteiger partial charge in [0.15, 0.2) is 0 Å². The Bertz CT molecular complexity index is 936. The number of nitrogens with zero attached hydrogens (tertiary/aromatic N) is 5. The van der Waals surface area contributed by atoms with Crippen molar-refractivity contribution in [3.8, 4) is 0 Å². The molecule has 1 aromatic heterocycles. The molecule has 0 radical (unpaired) electrons. The van der Waals surface area contributed by atoms with Crippen LogP contribution in [0.15, 0.2) is 24.5 Å². The van der Waals surface area contributed by atoms with Crippen molar-refractivity contribution >= 4 is 5.91 Å². The van der Waals surface area contributed by atoms with Crippen LogP contribution < -0.4 is 0 Å². The van der Waals surface area contributed by atoms with Gasteiger partial charge in [0.25, 0.3) is 5.91 Å². The zero-order valence-electron chi connectivity index (χ0n) is 18.5. The van der Waals surface area contributed by atoms with Gasteiger partial charge in [0.05, 0.1) is 5.56 Å². The zero-order valence-corrected chi connectivity index (χ0v) is 18.5. The van der Waals surface area contributed by atoms with Crippen LogP contribution in [0.2, 0.25) is 0 Å². The number of carbonyl (C=O) groups is 1. The molecule has 0 bridgehead atoms. The topological polar surface area (TPSA) is 54.3 Å². The van der Waals surface area contributed by atoms with Crippen molar-refractivity contribution in [2.24, 2.45) is 5.41 Å². The number of benzene rings is 1. The van der Waals surface area contributed by atoms with E-state index >= 15 is 0 Å². The normalized spacial score (nSPS) is 21.4. The summed E-state index contributed by atoms with van der Waals surface area (Å²) in [7, 11) is 0. The minimum atomic E-state index is -0.814. The first kappa shape index (κ1) is 21.9. The first-order valence-electron chi connectivity index (χ1n) is 11.2. The van der Waals surface area contributed by atoms with E-state index in [4.69, 9.17) is 0 Å². The summed E-state index contributed by atoms with van der Waals surface area (Å²) >= 11 is 0. The molecule has 0 aliphatic carbocycles. The number of halogens is 2. The van der Waals surface area contributed by atoms with Crippen LogP contribution >= 0.6 is 0 Å². The summed E-state index contributed by atoms with van der Waals surface area (Å²) in [5.41, 5.74) is -0.192. The summed E-state index contributed by atoms with van der Waals surface area (Å²) in [5.74, 6) is -0.921. The standard InChI is InChI=1S/C23H31F2N5O/c1-4-9-29-15-26-27-21(29)19-13-30(22(31)18-6-5-17(24)12-20(18)25)14-23(19)7-10-28(11-8-23)16(2)3/h5-6,12,15-16,19H,4,7-11,13-14H2,1-3H3. The fraction of sp³-hybridized carbons (Fsp3) is 0.609. The number of hydrogen-bond donors (Lipinski definition) is 0. The Kier molecular flexibility index (Phi) is 6.10. The number of hydrogen-bond acceptors (Lipinski definition) is 4. The maximum absolute atomic E-state index is 14.3. The van der Waals surface area contributed by atoms with E-state index in [9.17, 15) is 13.6 Å². The summed E-state index contributed by atoms with van der Waals surface area (Å²) in [6, 6.07) is 3.63. The number of aromatic nitrogens is 3. The van der Waals surface area contributed by atoms with Gasteiger partial charge in [0.2, 0.25) is 0 Å². The molecular formula is C23H31F2N5O. The Labute approximate surface area is 182 Å². The van der Waals surface area contributed by atoms with Crippen LogP contribution in [-0.4, -0.2) is 62.7 Å². The summed E-state index contributed by atoms with van der Waals surface area (Å²) in [6.45, 7) is 10.3. The Balaban J connectivity index is 1.65. The SMILES string of the molecule is CCCn1cnnc1C1CN(C(=O)c2ccc(F)cc2F)CC12CCN(C(C)C)CC2. The van der Waals surface area contributed by atoms with Gasteiger partial charge in [-0.25, -0.2) is 8.78 Å². The van der Waals surface area contributed by atoms with E-state index in [-0.39, 0.29) is 22.8 Å². The Morgan fingerprint density at radius 2 is 2.00 bits per heavy atom. The average molecular weight is 432 g/mol. The molecule has 2 aliphatic heterocycles. The number of amides is 1. The molecule has 2 fully saturated rings. The molecular weight excluding hydrogens is 400 g/mol. The lowest BCUT2D eigenvalue weighted by Gasteiger charge is -2.43. The molecule has 0 N–H and O–H groups in total. The predicted molar refractivity (Wildman–Crippen MR) is 114 cm³/mol. The molecule has 1 atom stereocenters. The van der Waals surface area contributed by atoms with Crippen LogP contribution in [0.3, 0.4) is 0 Å². The Hall–Kier alpha value is -2.35. The monoisotopic (exact) mass is 431 g/mol. The van der Waals surface area contributed by atoms with Gasteiger partial charge in [0, 0.05) is 43.1 Å². The maximum atomic E-state index is 14.3. The van der Waals surface area contributed by atoms with Crippen molar-refractivity contribution in [2.45, 2.75) is 58.5 Å². The van der Waals surface area contributed by atoms with E-state index in [2.05, 4.69) is 40.4 Å². The van der Waals surface area contributed by atoms with E-state index in [0.717, 1.165) is 56.9 Å². The number of likely N-dealkylation sites (tertiary alicyclic amines) is 2. The van der Waals surface area contributed by atoms with E-state index in [1.807, 2.05) is 0 Å². The molecule has 2 aromatic rings. The molecule has 2 aliphatic rings.